The maximum absolute atomic E-state index is 11.3. The van der Waals surface area contributed by atoms with E-state index in [-0.39, 0.29) is 5.54 Å². The summed E-state index contributed by atoms with van der Waals surface area (Å²) in [6, 6.07) is 0. The summed E-state index contributed by atoms with van der Waals surface area (Å²) < 4.78 is 10.0. The molecule has 2 aliphatic heterocycles. The summed E-state index contributed by atoms with van der Waals surface area (Å²) in [7, 11) is 0. The van der Waals surface area contributed by atoms with Crippen LogP contribution in [0.2, 0.25) is 0 Å². The Morgan fingerprint density at radius 1 is 1.50 bits per heavy atom. The van der Waals surface area contributed by atoms with Crippen molar-refractivity contribution in [3.63, 3.8) is 0 Å². The quantitative estimate of drug-likeness (QED) is 0.681. The second kappa shape index (κ2) is 4.84. The monoisotopic (exact) mass is 226 g/mol. The number of nitrogens with one attached hydrogen (secondary N) is 2. The third-order valence-electron chi connectivity index (χ3n) is 3.11. The van der Waals surface area contributed by atoms with Crippen LogP contribution in [0, 0.1) is 0 Å². The van der Waals surface area contributed by atoms with Gasteiger partial charge in [-0.1, -0.05) is 0 Å². The van der Waals surface area contributed by atoms with Crippen molar-refractivity contribution in [2.45, 2.75) is 25.3 Å². The minimum Gasteiger partial charge on any atom is -0.434 e. The maximum Gasteiger partial charge on any atom is 0.513 e. The summed E-state index contributed by atoms with van der Waals surface area (Å²) in [5.74, 6) is 0.729. The molecule has 0 saturated carbocycles. The summed E-state index contributed by atoms with van der Waals surface area (Å²) in [5.41, 5.74) is -0.155. The molecule has 0 bridgehead atoms. The predicted octanol–water partition coefficient (Wildman–Crippen LogP) is 0.769. The zero-order valence-corrected chi connectivity index (χ0v) is 9.54. The standard InChI is InChI=1S/C11H18N2O3/c1-2-15-10(14)16-9-3-6-13-11(9)4-7-12-8-5-11/h3,12-13H,2,4-8H2,1H3. The Morgan fingerprint density at radius 2 is 2.25 bits per heavy atom. The number of piperidine rings is 1. The Morgan fingerprint density at radius 3 is 2.94 bits per heavy atom. The number of carbonyl (C=O) groups excluding carboxylic acids is 1. The molecule has 1 fully saturated rings. The van der Waals surface area contributed by atoms with Crippen LogP contribution in [0.1, 0.15) is 19.8 Å². The molecule has 0 radical (unpaired) electrons. The van der Waals surface area contributed by atoms with Gasteiger partial charge < -0.3 is 20.1 Å². The third-order valence-corrected chi connectivity index (χ3v) is 3.11. The maximum atomic E-state index is 11.3. The van der Waals surface area contributed by atoms with Crippen LogP contribution in [-0.2, 0) is 9.47 Å². The lowest BCUT2D eigenvalue weighted by Gasteiger charge is -2.35. The van der Waals surface area contributed by atoms with Crippen molar-refractivity contribution in [3.8, 4) is 0 Å². The first-order valence-electron chi connectivity index (χ1n) is 5.78. The Balaban J connectivity index is 1.99. The van der Waals surface area contributed by atoms with Crippen LogP contribution in [0.3, 0.4) is 0 Å². The fourth-order valence-corrected chi connectivity index (χ4v) is 2.27. The van der Waals surface area contributed by atoms with Crippen molar-refractivity contribution in [1.29, 1.82) is 0 Å². The van der Waals surface area contributed by atoms with Crippen molar-refractivity contribution in [2.24, 2.45) is 0 Å². The molecule has 2 N–H and O–H groups in total. The highest BCUT2D eigenvalue weighted by Gasteiger charge is 2.40. The van der Waals surface area contributed by atoms with Crippen LogP contribution >= 0.6 is 0 Å². The second-order valence-corrected chi connectivity index (χ2v) is 4.07. The smallest absolute Gasteiger partial charge is 0.434 e. The van der Waals surface area contributed by atoms with Gasteiger partial charge in [0.25, 0.3) is 0 Å². The summed E-state index contributed by atoms with van der Waals surface area (Å²) in [6.07, 6.45) is 3.22. The van der Waals surface area contributed by atoms with Crippen LogP contribution in [-0.4, -0.2) is 37.9 Å². The average Bonchev–Trinajstić information content (AvgIpc) is 2.63. The first-order valence-corrected chi connectivity index (χ1v) is 5.78. The largest absolute Gasteiger partial charge is 0.513 e. The number of hydrogen-bond acceptors (Lipinski definition) is 5. The number of hydrogen-bond donors (Lipinski definition) is 2. The SMILES string of the molecule is CCOC(=O)OC1=CCNC12CCNCC2. The van der Waals surface area contributed by atoms with Crippen molar-refractivity contribution < 1.29 is 14.3 Å². The summed E-state index contributed by atoms with van der Waals surface area (Å²) in [6.45, 7) is 4.75. The summed E-state index contributed by atoms with van der Waals surface area (Å²) in [4.78, 5) is 11.3. The number of rotatable bonds is 2. The number of carbonyl (C=O) groups is 1. The van der Waals surface area contributed by atoms with E-state index in [1.165, 1.54) is 0 Å². The predicted molar refractivity (Wildman–Crippen MR) is 59.0 cm³/mol. The molecule has 0 aliphatic carbocycles. The van der Waals surface area contributed by atoms with Gasteiger partial charge in [-0.2, -0.15) is 0 Å². The van der Waals surface area contributed by atoms with Crippen LogP contribution in [0.25, 0.3) is 0 Å². The molecule has 0 atom stereocenters. The molecular formula is C11H18N2O3. The van der Waals surface area contributed by atoms with Gasteiger partial charge in [0, 0.05) is 6.54 Å². The van der Waals surface area contributed by atoms with E-state index in [9.17, 15) is 4.79 Å². The van der Waals surface area contributed by atoms with Gasteiger partial charge in [-0.25, -0.2) is 4.79 Å². The fraction of sp³-hybridized carbons (Fsp3) is 0.727. The average molecular weight is 226 g/mol. The van der Waals surface area contributed by atoms with Gasteiger partial charge in [-0.3, -0.25) is 0 Å². The molecule has 90 valence electrons. The molecule has 1 saturated heterocycles. The van der Waals surface area contributed by atoms with Crippen LogP contribution < -0.4 is 10.6 Å². The first kappa shape index (κ1) is 11.4. The van der Waals surface area contributed by atoms with Crippen LogP contribution in [0.5, 0.6) is 0 Å². The molecule has 5 heteroatoms. The fourth-order valence-electron chi connectivity index (χ4n) is 2.27. The minimum atomic E-state index is -0.602. The molecule has 0 unspecified atom stereocenters. The van der Waals surface area contributed by atoms with Gasteiger partial charge in [0.2, 0.25) is 0 Å². The van der Waals surface area contributed by atoms with E-state index in [4.69, 9.17) is 9.47 Å². The lowest BCUT2D eigenvalue weighted by atomic mass is 9.88. The second-order valence-electron chi connectivity index (χ2n) is 4.07. The molecule has 0 aromatic heterocycles. The van der Waals surface area contributed by atoms with E-state index in [2.05, 4.69) is 10.6 Å². The zero-order valence-electron chi connectivity index (χ0n) is 9.54. The molecule has 5 nitrogen and oxygen atoms in total. The number of ether oxygens (including phenoxy) is 2. The Labute approximate surface area is 95.2 Å². The first-order chi connectivity index (χ1) is 7.77. The highest BCUT2D eigenvalue weighted by molar-refractivity contribution is 5.62. The third kappa shape index (κ3) is 2.20. The Hall–Kier alpha value is -1.07. The lowest BCUT2D eigenvalue weighted by molar-refractivity contribution is 0.0671. The molecule has 1 spiro atoms. The molecule has 0 aromatic carbocycles. The Kier molecular flexibility index (Phi) is 3.46. The summed E-state index contributed by atoms with van der Waals surface area (Å²) >= 11 is 0. The van der Waals surface area contributed by atoms with Crippen molar-refractivity contribution >= 4 is 6.16 Å². The molecule has 0 amide bonds. The molecule has 16 heavy (non-hydrogen) atoms. The normalized spacial score (nSPS) is 22.9. The minimum absolute atomic E-state index is 0.155. The van der Waals surface area contributed by atoms with Gasteiger partial charge in [-0.05, 0) is 38.9 Å². The van der Waals surface area contributed by atoms with E-state index in [0.29, 0.717) is 6.61 Å². The molecular weight excluding hydrogens is 208 g/mol. The molecule has 2 heterocycles. The van der Waals surface area contributed by atoms with E-state index in [0.717, 1.165) is 38.2 Å². The molecule has 2 aliphatic rings. The zero-order chi connectivity index (χ0) is 11.4. The Bertz CT molecular complexity index is 296. The summed E-state index contributed by atoms with van der Waals surface area (Å²) in [5, 5.41) is 6.70. The van der Waals surface area contributed by atoms with E-state index in [1.807, 2.05) is 6.08 Å². The van der Waals surface area contributed by atoms with Crippen molar-refractivity contribution in [1.82, 2.24) is 10.6 Å². The highest BCUT2D eigenvalue weighted by atomic mass is 16.7. The van der Waals surface area contributed by atoms with Crippen LogP contribution in [0.15, 0.2) is 11.8 Å². The molecule has 2 rings (SSSR count). The van der Waals surface area contributed by atoms with Crippen molar-refractivity contribution in [3.05, 3.63) is 11.8 Å². The molecule has 0 aromatic rings. The van der Waals surface area contributed by atoms with Gasteiger partial charge in [0.05, 0.1) is 12.1 Å². The van der Waals surface area contributed by atoms with Crippen LogP contribution in [0.4, 0.5) is 4.79 Å². The van der Waals surface area contributed by atoms with Gasteiger partial charge in [0.1, 0.15) is 5.76 Å². The topological polar surface area (TPSA) is 59.6 Å². The van der Waals surface area contributed by atoms with Gasteiger partial charge in [-0.15, -0.1) is 0 Å². The highest BCUT2D eigenvalue weighted by Crippen LogP contribution is 2.31. The van der Waals surface area contributed by atoms with E-state index in [1.54, 1.807) is 6.92 Å². The van der Waals surface area contributed by atoms with Gasteiger partial charge >= 0.3 is 6.16 Å². The van der Waals surface area contributed by atoms with Crippen molar-refractivity contribution in [2.75, 3.05) is 26.2 Å². The van der Waals surface area contributed by atoms with E-state index < -0.39 is 6.16 Å². The lowest BCUT2D eigenvalue weighted by Crippen LogP contribution is -2.51. The van der Waals surface area contributed by atoms with Gasteiger partial charge in [0.15, 0.2) is 0 Å². The van der Waals surface area contributed by atoms with E-state index >= 15 is 0 Å².